The molecule has 0 unspecified atom stereocenters. The summed E-state index contributed by atoms with van der Waals surface area (Å²) in [4.78, 5) is 74.7. The van der Waals surface area contributed by atoms with Gasteiger partial charge in [0.25, 0.3) is 0 Å². The lowest BCUT2D eigenvalue weighted by atomic mass is 10.3. The highest BCUT2D eigenvalue weighted by atomic mass is 16.4. The van der Waals surface area contributed by atoms with Gasteiger partial charge >= 0.3 is 5.97 Å². The molecule has 0 aromatic carbocycles. The molecule has 384 valence electrons. The highest BCUT2D eigenvalue weighted by Gasteiger charge is 2.14. The van der Waals surface area contributed by atoms with E-state index >= 15 is 0 Å². The topological polar surface area (TPSA) is 357 Å². The fraction of sp³-hybridized carbons (Fsp3) is 0.756. The maximum absolute atomic E-state index is 11.8. The van der Waals surface area contributed by atoms with E-state index in [1.54, 1.807) is 0 Å². The van der Waals surface area contributed by atoms with Crippen LogP contribution in [0.3, 0.4) is 0 Å². The van der Waals surface area contributed by atoms with Gasteiger partial charge < -0.3 is 99.9 Å². The molecule has 5 rings (SSSR count). The van der Waals surface area contributed by atoms with Gasteiger partial charge in [0, 0.05) is 176 Å². The molecule has 5 saturated heterocycles. The normalized spacial score (nSPS) is 17.5. The standard InChI is InChI=1S/C15H30N6O2.C8H18N4O.C7H14N2O2.C7H10N2O2.C4H10N2.2H2O/c22-14(1-7-20-9-3-16-4-10-20)18-13-19-15(23)2-8-21-11-5-17-6-12-21;9-7-11-8(13)1-4-12-5-2-10-3-6-12;10-7(11)1-4-9-5-2-8-3-6-9;1-3-6(10)8-5-9-7(11)4-2;1-2-6-4-3-5-1;;/h16-17H,1-13H2,(H,18,22)(H,19,23);10H,1-7,9H2,(H,11,13);8H,1-6H2,(H,10,11);3-4H,1-2,5H2,(H,8,10)(H,9,11);5-6H,1-4H2;2*1H2. The van der Waals surface area contributed by atoms with Crippen molar-refractivity contribution in [2.24, 2.45) is 5.73 Å². The number of carbonyl (C=O) groups is 6. The largest absolute Gasteiger partial charge is 0.481 e. The number of hydrogen-bond acceptors (Lipinski definition) is 17. The van der Waals surface area contributed by atoms with E-state index in [0.29, 0.717) is 25.8 Å². The number of carboxylic acid groups (broad SMARTS) is 1. The van der Waals surface area contributed by atoms with E-state index in [1.807, 2.05) is 0 Å². The Kier molecular flexibility index (Phi) is 43.2. The lowest BCUT2D eigenvalue weighted by Crippen LogP contribution is -2.46. The van der Waals surface area contributed by atoms with Crippen LogP contribution in [0.5, 0.6) is 0 Å². The van der Waals surface area contributed by atoms with E-state index < -0.39 is 5.97 Å². The fourth-order valence-electron chi connectivity index (χ4n) is 6.36. The van der Waals surface area contributed by atoms with Gasteiger partial charge in [-0.1, -0.05) is 13.2 Å². The van der Waals surface area contributed by atoms with Crippen LogP contribution in [0.25, 0.3) is 0 Å². The highest BCUT2D eigenvalue weighted by molar-refractivity contribution is 5.89. The Bertz CT molecular complexity index is 1230. The van der Waals surface area contributed by atoms with Crippen molar-refractivity contribution < 1.29 is 44.8 Å². The minimum Gasteiger partial charge on any atom is -0.481 e. The van der Waals surface area contributed by atoms with Gasteiger partial charge in [-0.05, 0) is 12.2 Å². The van der Waals surface area contributed by atoms with Crippen LogP contribution in [0.4, 0.5) is 0 Å². The SMILES string of the molecule is C1CNCCN1.C=CC(=O)NCNC(=O)C=C.NCNC(=O)CCN1CCNCC1.O.O.O=C(CCN1CCNCC1)NCNC(=O)CCN1CCNCC1.O=C(O)CCN1CCNCC1. The molecule has 5 heterocycles. The molecular formula is C41H86N16O9. The summed E-state index contributed by atoms with van der Waals surface area (Å²) in [6.07, 6.45) is 4.03. The third-order valence-corrected chi connectivity index (χ3v) is 10.2. The first-order chi connectivity index (χ1) is 31.1. The number of piperazine rings is 5. The molecule has 5 aliphatic heterocycles. The second kappa shape index (κ2) is 44.6. The Hall–Kier alpha value is -4.22. The molecule has 18 N–H and O–H groups in total. The zero-order chi connectivity index (χ0) is 46.9. The van der Waals surface area contributed by atoms with Crippen molar-refractivity contribution >= 4 is 35.5 Å². The Labute approximate surface area is 391 Å². The van der Waals surface area contributed by atoms with Crippen molar-refractivity contribution in [1.82, 2.24) is 78.1 Å². The minimum atomic E-state index is -0.705. The first-order valence-electron chi connectivity index (χ1n) is 22.7. The predicted molar refractivity (Wildman–Crippen MR) is 256 cm³/mol. The van der Waals surface area contributed by atoms with E-state index in [-0.39, 0.29) is 66.9 Å². The molecule has 5 fully saturated rings. The minimum absolute atomic E-state index is 0. The maximum Gasteiger partial charge on any atom is 0.304 e. The number of nitrogens with one attached hydrogen (secondary N) is 11. The zero-order valence-electron chi connectivity index (χ0n) is 39.3. The summed E-state index contributed by atoms with van der Waals surface area (Å²) in [5.74, 6) is -1.33. The van der Waals surface area contributed by atoms with Gasteiger partial charge in [0.15, 0.2) is 0 Å². The molecule has 5 amide bonds. The molecule has 66 heavy (non-hydrogen) atoms. The van der Waals surface area contributed by atoms with Gasteiger partial charge in [-0.25, -0.2) is 0 Å². The van der Waals surface area contributed by atoms with Crippen LogP contribution >= 0.6 is 0 Å². The fourth-order valence-corrected chi connectivity index (χ4v) is 6.36. The number of carboxylic acids is 1. The summed E-state index contributed by atoms with van der Waals surface area (Å²) in [5, 5.41) is 40.7. The Morgan fingerprint density at radius 3 is 0.955 bits per heavy atom. The molecule has 0 saturated carbocycles. The summed E-state index contributed by atoms with van der Waals surface area (Å²) >= 11 is 0. The third kappa shape index (κ3) is 39.0. The second-order valence-corrected chi connectivity index (χ2v) is 15.1. The number of nitrogens with two attached hydrogens (primary N) is 1. The Morgan fingerprint density at radius 2 is 0.697 bits per heavy atom. The van der Waals surface area contributed by atoms with Crippen LogP contribution in [0.2, 0.25) is 0 Å². The van der Waals surface area contributed by atoms with Crippen molar-refractivity contribution in [2.75, 3.05) is 177 Å². The first-order valence-corrected chi connectivity index (χ1v) is 22.7. The smallest absolute Gasteiger partial charge is 0.304 e. The summed E-state index contributed by atoms with van der Waals surface area (Å²) in [7, 11) is 0. The lowest BCUT2D eigenvalue weighted by molar-refractivity contribution is -0.137. The van der Waals surface area contributed by atoms with E-state index in [1.165, 1.54) is 0 Å². The maximum atomic E-state index is 11.8. The van der Waals surface area contributed by atoms with Crippen LogP contribution in [-0.2, 0) is 28.8 Å². The monoisotopic (exact) mass is 947 g/mol. The quantitative estimate of drug-likeness (QED) is 0.0423. The van der Waals surface area contributed by atoms with Crippen LogP contribution in [0, 0.1) is 0 Å². The van der Waals surface area contributed by atoms with Crippen molar-refractivity contribution in [3.8, 4) is 0 Å². The molecule has 0 aromatic rings. The summed E-state index contributed by atoms with van der Waals surface area (Å²) in [5.41, 5.74) is 5.18. The van der Waals surface area contributed by atoms with E-state index in [9.17, 15) is 28.8 Å². The van der Waals surface area contributed by atoms with Gasteiger partial charge in [-0.2, -0.15) is 0 Å². The summed E-state index contributed by atoms with van der Waals surface area (Å²) in [6, 6.07) is 0. The molecular weight excluding hydrogens is 861 g/mol. The zero-order valence-corrected chi connectivity index (χ0v) is 39.3. The average molecular weight is 947 g/mol. The summed E-state index contributed by atoms with van der Waals surface area (Å²) in [6.45, 7) is 30.7. The van der Waals surface area contributed by atoms with E-state index in [0.717, 1.165) is 163 Å². The van der Waals surface area contributed by atoms with Crippen LogP contribution < -0.4 is 64.2 Å². The van der Waals surface area contributed by atoms with Gasteiger partial charge in [-0.3, -0.25) is 28.8 Å². The van der Waals surface area contributed by atoms with Gasteiger partial charge in [0.05, 0.1) is 26.4 Å². The van der Waals surface area contributed by atoms with Crippen LogP contribution in [0.1, 0.15) is 25.7 Å². The van der Waals surface area contributed by atoms with Crippen LogP contribution in [0.15, 0.2) is 25.3 Å². The van der Waals surface area contributed by atoms with Gasteiger partial charge in [-0.15, -0.1) is 0 Å². The summed E-state index contributed by atoms with van der Waals surface area (Å²) < 4.78 is 0. The second-order valence-electron chi connectivity index (χ2n) is 15.1. The van der Waals surface area contributed by atoms with Gasteiger partial charge in [0.2, 0.25) is 29.5 Å². The molecule has 5 aliphatic rings. The number of amides is 5. The van der Waals surface area contributed by atoms with Crippen molar-refractivity contribution in [3.63, 3.8) is 0 Å². The van der Waals surface area contributed by atoms with Crippen LogP contribution in [-0.4, -0.2) is 248 Å². The number of rotatable bonds is 19. The Morgan fingerprint density at radius 1 is 0.439 bits per heavy atom. The Balaban J connectivity index is 0. The molecule has 0 aromatic heterocycles. The number of nitrogens with zero attached hydrogens (tertiary/aromatic N) is 4. The van der Waals surface area contributed by atoms with Crippen molar-refractivity contribution in [3.05, 3.63) is 25.3 Å². The number of aliphatic carboxylic acids is 1. The van der Waals surface area contributed by atoms with E-state index in [2.05, 4.69) is 91.2 Å². The molecule has 0 aliphatic carbocycles. The van der Waals surface area contributed by atoms with Crippen molar-refractivity contribution in [1.29, 1.82) is 0 Å². The third-order valence-electron chi connectivity index (χ3n) is 10.2. The predicted octanol–water partition coefficient (Wildman–Crippen LogP) is -7.47. The van der Waals surface area contributed by atoms with Crippen molar-refractivity contribution in [2.45, 2.75) is 25.7 Å². The molecule has 25 heteroatoms. The first kappa shape index (κ1) is 63.9. The number of hydrogen-bond donors (Lipinski definition) is 13. The van der Waals surface area contributed by atoms with Gasteiger partial charge in [0.1, 0.15) is 0 Å². The molecule has 0 radical (unpaired) electrons. The molecule has 25 nitrogen and oxygen atoms in total. The molecule has 0 atom stereocenters. The average Bonchev–Trinajstić information content (AvgIpc) is 3.34. The highest BCUT2D eigenvalue weighted by Crippen LogP contribution is 1.97. The lowest BCUT2D eigenvalue weighted by Gasteiger charge is -2.27. The number of carbonyl (C=O) groups excluding carboxylic acids is 5. The van der Waals surface area contributed by atoms with E-state index in [4.69, 9.17) is 10.8 Å². The molecule has 0 spiro atoms. The molecule has 0 bridgehead atoms.